The molecule has 0 aliphatic carbocycles. The number of rotatable bonds is 9. The van der Waals surface area contributed by atoms with E-state index in [0.29, 0.717) is 6.42 Å². The Morgan fingerprint density at radius 3 is 1.17 bits per heavy atom. The predicted molar refractivity (Wildman–Crippen MR) is 161 cm³/mol. The van der Waals surface area contributed by atoms with E-state index in [9.17, 15) is 5.11 Å². The first-order chi connectivity index (χ1) is 17.3. The molecule has 0 saturated carbocycles. The standard InChI is InChI=1S/C33H36OSi2/c1-5-33(2,34)27-26-32(35(3,28-18-10-6-11-19-28)29-20-12-7-13-21-29)36(4,30-22-14-8-15-23-30)31-24-16-9-17-25-31/h5-26,34H,1,27H2,2-4H3. The fourth-order valence-corrected chi connectivity index (χ4v) is 17.4. The summed E-state index contributed by atoms with van der Waals surface area (Å²) in [6.45, 7) is 10.7. The molecule has 182 valence electrons. The first-order valence-corrected chi connectivity index (χ1v) is 17.6. The fraction of sp³-hybridized carbons (Fsp3) is 0.152. The van der Waals surface area contributed by atoms with Crippen molar-refractivity contribution in [2.75, 3.05) is 0 Å². The minimum Gasteiger partial charge on any atom is -0.386 e. The molecule has 0 aliphatic heterocycles. The summed E-state index contributed by atoms with van der Waals surface area (Å²) in [6, 6.07) is 44.0. The van der Waals surface area contributed by atoms with E-state index in [-0.39, 0.29) is 0 Å². The Morgan fingerprint density at radius 2 is 0.917 bits per heavy atom. The van der Waals surface area contributed by atoms with Gasteiger partial charge < -0.3 is 5.11 Å². The highest BCUT2D eigenvalue weighted by Crippen LogP contribution is 2.29. The molecule has 0 aliphatic rings. The molecule has 4 aromatic carbocycles. The van der Waals surface area contributed by atoms with Crippen molar-refractivity contribution in [3.05, 3.63) is 145 Å². The molecule has 4 aromatic rings. The second kappa shape index (κ2) is 10.8. The van der Waals surface area contributed by atoms with Gasteiger partial charge in [-0.3, -0.25) is 0 Å². The monoisotopic (exact) mass is 504 g/mol. The molecule has 0 spiro atoms. The Kier molecular flexibility index (Phi) is 7.74. The molecule has 0 fully saturated rings. The van der Waals surface area contributed by atoms with Crippen LogP contribution in [0.5, 0.6) is 0 Å². The third-order valence-electron chi connectivity index (χ3n) is 7.64. The maximum absolute atomic E-state index is 11.1. The lowest BCUT2D eigenvalue weighted by Gasteiger charge is -2.43. The van der Waals surface area contributed by atoms with Crippen LogP contribution in [-0.2, 0) is 0 Å². The number of aliphatic hydroxyl groups is 1. The third kappa shape index (κ3) is 5.01. The molecule has 0 bridgehead atoms. The smallest absolute Gasteiger partial charge is 0.138 e. The first-order valence-electron chi connectivity index (χ1n) is 12.6. The van der Waals surface area contributed by atoms with Crippen LogP contribution >= 0.6 is 0 Å². The Balaban J connectivity index is 2.11. The summed E-state index contributed by atoms with van der Waals surface area (Å²) >= 11 is 0. The number of hydrogen-bond donors (Lipinski definition) is 1. The Hall–Kier alpha value is -3.25. The van der Waals surface area contributed by atoms with Gasteiger partial charge in [-0.1, -0.05) is 172 Å². The van der Waals surface area contributed by atoms with E-state index < -0.39 is 21.7 Å². The minimum atomic E-state index is -2.47. The van der Waals surface area contributed by atoms with Crippen molar-refractivity contribution in [1.29, 1.82) is 0 Å². The zero-order valence-corrected chi connectivity index (χ0v) is 23.6. The Bertz CT molecular complexity index is 1130. The van der Waals surface area contributed by atoms with Crippen molar-refractivity contribution in [2.24, 2.45) is 0 Å². The van der Waals surface area contributed by atoms with Gasteiger partial charge in [0.2, 0.25) is 0 Å². The summed E-state index contributed by atoms with van der Waals surface area (Å²) < 4.78 is 0. The van der Waals surface area contributed by atoms with E-state index in [2.05, 4.69) is 147 Å². The molecule has 1 N–H and O–H groups in total. The third-order valence-corrected chi connectivity index (χ3v) is 19.2. The molecule has 1 atom stereocenters. The molecule has 0 heterocycles. The van der Waals surface area contributed by atoms with Crippen LogP contribution in [0.3, 0.4) is 0 Å². The van der Waals surface area contributed by atoms with Gasteiger partial charge in [0.05, 0.1) is 5.60 Å². The highest BCUT2D eigenvalue weighted by molar-refractivity contribution is 7.24. The van der Waals surface area contributed by atoms with Crippen molar-refractivity contribution in [2.45, 2.75) is 32.0 Å². The summed E-state index contributed by atoms with van der Waals surface area (Å²) in [5, 5.41) is 16.6. The Morgan fingerprint density at radius 1 is 0.639 bits per heavy atom. The van der Waals surface area contributed by atoms with Crippen molar-refractivity contribution >= 4 is 36.9 Å². The van der Waals surface area contributed by atoms with Crippen LogP contribution < -0.4 is 20.7 Å². The van der Waals surface area contributed by atoms with Gasteiger partial charge in [0.1, 0.15) is 16.1 Å². The summed E-state index contributed by atoms with van der Waals surface area (Å²) in [6.07, 6.45) is 4.56. The maximum Gasteiger partial charge on any atom is 0.138 e. The lowest BCUT2D eigenvalue weighted by Crippen LogP contribution is -2.70. The molecule has 36 heavy (non-hydrogen) atoms. The number of hydrogen-bond acceptors (Lipinski definition) is 1. The van der Waals surface area contributed by atoms with Gasteiger partial charge in [0.15, 0.2) is 0 Å². The van der Waals surface area contributed by atoms with E-state index in [4.69, 9.17) is 0 Å². The fourth-order valence-electron chi connectivity index (χ4n) is 5.34. The van der Waals surface area contributed by atoms with E-state index in [0.717, 1.165) is 0 Å². The highest BCUT2D eigenvalue weighted by atomic mass is 28.4. The van der Waals surface area contributed by atoms with Crippen LogP contribution in [0.2, 0.25) is 13.1 Å². The van der Waals surface area contributed by atoms with Crippen LogP contribution in [0.1, 0.15) is 13.3 Å². The molecular formula is C33H36OSi2. The summed E-state index contributed by atoms with van der Waals surface area (Å²) in [5.74, 6) is 0. The van der Waals surface area contributed by atoms with Crippen LogP contribution in [0.25, 0.3) is 0 Å². The summed E-state index contributed by atoms with van der Waals surface area (Å²) in [4.78, 5) is 1.49. The molecule has 1 unspecified atom stereocenters. The van der Waals surface area contributed by atoms with Crippen LogP contribution in [-0.4, -0.2) is 26.9 Å². The van der Waals surface area contributed by atoms with E-state index in [1.165, 1.54) is 25.6 Å². The largest absolute Gasteiger partial charge is 0.386 e. The van der Waals surface area contributed by atoms with Crippen LogP contribution in [0.4, 0.5) is 0 Å². The molecular weight excluding hydrogens is 469 g/mol. The second-order valence-electron chi connectivity index (χ2n) is 10.1. The minimum absolute atomic E-state index is 0.524. The van der Waals surface area contributed by atoms with Crippen LogP contribution in [0, 0.1) is 0 Å². The molecule has 4 rings (SSSR count). The molecule has 1 nitrogen and oxygen atoms in total. The van der Waals surface area contributed by atoms with Gasteiger partial charge in [0, 0.05) is 0 Å². The van der Waals surface area contributed by atoms with E-state index in [1.54, 1.807) is 6.08 Å². The first kappa shape index (κ1) is 25.8. The summed E-state index contributed by atoms with van der Waals surface area (Å²) in [5.41, 5.74) is -0.976. The van der Waals surface area contributed by atoms with Gasteiger partial charge in [-0.05, 0) is 13.3 Å². The normalized spacial score (nSPS) is 13.4. The van der Waals surface area contributed by atoms with Crippen molar-refractivity contribution in [3.63, 3.8) is 0 Å². The molecule has 0 aromatic heterocycles. The number of benzene rings is 4. The highest BCUT2D eigenvalue weighted by Gasteiger charge is 2.48. The van der Waals surface area contributed by atoms with Gasteiger partial charge in [-0.2, -0.15) is 0 Å². The maximum atomic E-state index is 11.1. The molecule has 0 amide bonds. The van der Waals surface area contributed by atoms with Crippen molar-refractivity contribution in [3.8, 4) is 0 Å². The predicted octanol–water partition coefficient (Wildman–Crippen LogP) is 5.10. The lowest BCUT2D eigenvalue weighted by atomic mass is 10.0. The van der Waals surface area contributed by atoms with Gasteiger partial charge in [0.25, 0.3) is 0 Å². The average molecular weight is 505 g/mol. The lowest BCUT2D eigenvalue weighted by molar-refractivity contribution is 0.115. The molecule has 0 saturated heterocycles. The van der Waals surface area contributed by atoms with Crippen molar-refractivity contribution < 1.29 is 5.11 Å². The molecule has 0 radical (unpaired) electrons. The van der Waals surface area contributed by atoms with Gasteiger partial charge in [-0.15, -0.1) is 6.58 Å². The zero-order chi connectivity index (χ0) is 25.7. The zero-order valence-electron chi connectivity index (χ0n) is 21.6. The van der Waals surface area contributed by atoms with E-state index in [1.807, 2.05) is 6.92 Å². The van der Waals surface area contributed by atoms with Crippen molar-refractivity contribution in [1.82, 2.24) is 0 Å². The average Bonchev–Trinajstić information content (AvgIpc) is 2.94. The second-order valence-corrected chi connectivity index (χ2v) is 18.5. The van der Waals surface area contributed by atoms with Gasteiger partial charge >= 0.3 is 0 Å². The van der Waals surface area contributed by atoms with Crippen LogP contribution in [0.15, 0.2) is 145 Å². The van der Waals surface area contributed by atoms with E-state index >= 15 is 0 Å². The summed E-state index contributed by atoms with van der Waals surface area (Å²) in [7, 11) is -4.93. The SMILES string of the molecule is C=CC(C)(O)CC=C([Si](C)(c1ccccc1)c1ccccc1)[Si](C)(c1ccccc1)c1ccccc1. The molecule has 3 heteroatoms. The Labute approximate surface area is 218 Å². The topological polar surface area (TPSA) is 20.2 Å². The van der Waals surface area contributed by atoms with Gasteiger partial charge in [-0.25, -0.2) is 0 Å². The quantitative estimate of drug-likeness (QED) is 0.248.